The molecule has 0 atom stereocenters. The molecule has 0 bridgehead atoms. The number of nitrogens with two attached hydrogens (primary N) is 1. The quantitative estimate of drug-likeness (QED) is 0.877. The van der Waals surface area contributed by atoms with E-state index in [0.717, 1.165) is 11.7 Å². The Kier molecular flexibility index (Phi) is 5.53. The van der Waals surface area contributed by atoms with Gasteiger partial charge in [0.1, 0.15) is 12.4 Å². The predicted octanol–water partition coefficient (Wildman–Crippen LogP) is 3.85. The molecule has 1 aliphatic rings. The lowest BCUT2D eigenvalue weighted by molar-refractivity contribution is 0.327. The Morgan fingerprint density at radius 3 is 2.50 bits per heavy atom. The number of benzene rings is 1. The van der Waals surface area contributed by atoms with Gasteiger partial charge in [-0.25, -0.2) is 0 Å². The van der Waals surface area contributed by atoms with Crippen molar-refractivity contribution in [2.75, 3.05) is 13.2 Å². The van der Waals surface area contributed by atoms with E-state index in [1.807, 2.05) is 6.07 Å². The Balaban J connectivity index is 2.01. The van der Waals surface area contributed by atoms with Gasteiger partial charge in [0.25, 0.3) is 0 Å². The minimum Gasteiger partial charge on any atom is -0.492 e. The molecule has 0 spiro atoms. The van der Waals surface area contributed by atoms with Crippen LogP contribution in [0.3, 0.4) is 0 Å². The minimum atomic E-state index is 0.577. The highest BCUT2D eigenvalue weighted by molar-refractivity contribution is 5.31. The summed E-state index contributed by atoms with van der Waals surface area (Å²) in [5, 5.41) is 0. The third-order valence-electron chi connectivity index (χ3n) is 3.82. The van der Waals surface area contributed by atoms with Crippen LogP contribution >= 0.6 is 0 Å². The van der Waals surface area contributed by atoms with Crippen LogP contribution in [0.25, 0.3) is 0 Å². The van der Waals surface area contributed by atoms with E-state index < -0.39 is 0 Å². The van der Waals surface area contributed by atoms with Gasteiger partial charge in [-0.3, -0.25) is 0 Å². The molecule has 1 fully saturated rings. The van der Waals surface area contributed by atoms with Gasteiger partial charge >= 0.3 is 0 Å². The van der Waals surface area contributed by atoms with Crippen molar-refractivity contribution in [2.24, 2.45) is 5.73 Å². The molecule has 2 nitrogen and oxygen atoms in total. The third kappa shape index (κ3) is 4.02. The fraction of sp³-hybridized carbons (Fsp3) is 0.625. The lowest BCUT2D eigenvalue weighted by atomic mass is 9.86. The van der Waals surface area contributed by atoms with Crippen LogP contribution in [0.15, 0.2) is 24.3 Å². The second kappa shape index (κ2) is 7.42. The van der Waals surface area contributed by atoms with E-state index >= 15 is 0 Å². The first-order chi connectivity index (χ1) is 8.90. The van der Waals surface area contributed by atoms with E-state index in [-0.39, 0.29) is 0 Å². The van der Waals surface area contributed by atoms with Gasteiger partial charge in [-0.05, 0) is 36.5 Å². The van der Waals surface area contributed by atoms with Crippen molar-refractivity contribution in [1.82, 2.24) is 0 Å². The van der Waals surface area contributed by atoms with E-state index in [1.54, 1.807) is 0 Å². The van der Waals surface area contributed by atoms with Gasteiger partial charge in [0.2, 0.25) is 0 Å². The number of hydrogen-bond donors (Lipinski definition) is 1. The molecule has 18 heavy (non-hydrogen) atoms. The zero-order valence-electron chi connectivity index (χ0n) is 11.2. The summed E-state index contributed by atoms with van der Waals surface area (Å²) in [6, 6.07) is 8.60. The van der Waals surface area contributed by atoms with Crippen molar-refractivity contribution in [1.29, 1.82) is 0 Å². The summed E-state index contributed by atoms with van der Waals surface area (Å²) in [5.41, 5.74) is 6.92. The smallest absolute Gasteiger partial charge is 0.119 e. The molecule has 2 rings (SSSR count). The van der Waals surface area contributed by atoms with Crippen LogP contribution in [0.5, 0.6) is 5.75 Å². The average Bonchev–Trinajstić information content (AvgIpc) is 2.36. The van der Waals surface area contributed by atoms with E-state index in [4.69, 9.17) is 10.5 Å². The van der Waals surface area contributed by atoms with Crippen molar-refractivity contribution in [3.63, 3.8) is 0 Å². The fourth-order valence-electron chi connectivity index (χ4n) is 2.82. The van der Waals surface area contributed by atoms with Gasteiger partial charge in [-0.1, -0.05) is 44.2 Å². The van der Waals surface area contributed by atoms with Crippen LogP contribution in [0.2, 0.25) is 0 Å². The molecule has 0 saturated heterocycles. The second-order valence-corrected chi connectivity index (χ2v) is 5.25. The van der Waals surface area contributed by atoms with Gasteiger partial charge in [0.15, 0.2) is 0 Å². The third-order valence-corrected chi connectivity index (χ3v) is 3.82. The first-order valence-electron chi connectivity index (χ1n) is 7.33. The normalized spacial score (nSPS) is 18.1. The monoisotopic (exact) mass is 247 g/mol. The molecule has 1 saturated carbocycles. The van der Waals surface area contributed by atoms with Crippen molar-refractivity contribution in [3.8, 4) is 5.75 Å². The first kappa shape index (κ1) is 13.4. The Morgan fingerprint density at radius 1 is 1.06 bits per heavy atom. The summed E-state index contributed by atoms with van der Waals surface area (Å²) in [6.07, 6.45) is 9.64. The maximum absolute atomic E-state index is 5.62. The summed E-state index contributed by atoms with van der Waals surface area (Å²) in [6.45, 7) is 1.18. The van der Waals surface area contributed by atoms with Gasteiger partial charge in [0, 0.05) is 6.54 Å². The minimum absolute atomic E-state index is 0.577. The maximum atomic E-state index is 5.62. The summed E-state index contributed by atoms with van der Waals surface area (Å²) in [4.78, 5) is 0. The maximum Gasteiger partial charge on any atom is 0.119 e. The van der Waals surface area contributed by atoms with Crippen LogP contribution < -0.4 is 10.5 Å². The molecule has 0 heterocycles. The molecule has 2 heteroatoms. The first-order valence-corrected chi connectivity index (χ1v) is 7.33. The Labute approximate surface area is 111 Å². The number of rotatable bonds is 4. The lowest BCUT2D eigenvalue weighted by Gasteiger charge is -2.20. The fourth-order valence-corrected chi connectivity index (χ4v) is 2.82. The topological polar surface area (TPSA) is 35.2 Å². The van der Waals surface area contributed by atoms with Crippen molar-refractivity contribution < 1.29 is 4.74 Å². The Hall–Kier alpha value is -1.02. The summed E-state index contributed by atoms with van der Waals surface area (Å²) in [7, 11) is 0. The molecule has 0 aliphatic heterocycles. The highest BCUT2D eigenvalue weighted by Gasteiger charge is 2.13. The summed E-state index contributed by atoms with van der Waals surface area (Å²) < 4.78 is 5.62. The van der Waals surface area contributed by atoms with Crippen LogP contribution in [0, 0.1) is 0 Å². The molecule has 1 aromatic carbocycles. The predicted molar refractivity (Wildman–Crippen MR) is 76.1 cm³/mol. The van der Waals surface area contributed by atoms with Gasteiger partial charge in [0.05, 0.1) is 0 Å². The molecule has 1 aliphatic carbocycles. The molecular weight excluding hydrogens is 222 g/mol. The average molecular weight is 247 g/mol. The molecule has 0 unspecified atom stereocenters. The molecule has 100 valence electrons. The summed E-state index contributed by atoms with van der Waals surface area (Å²) >= 11 is 0. The zero-order chi connectivity index (χ0) is 12.6. The highest BCUT2D eigenvalue weighted by Crippen LogP contribution is 2.32. The van der Waals surface area contributed by atoms with Crippen LogP contribution in [-0.2, 0) is 0 Å². The van der Waals surface area contributed by atoms with E-state index in [2.05, 4.69) is 18.2 Å². The van der Waals surface area contributed by atoms with E-state index in [1.165, 1.54) is 50.5 Å². The van der Waals surface area contributed by atoms with Crippen LogP contribution in [0.1, 0.15) is 56.4 Å². The molecule has 2 N–H and O–H groups in total. The van der Waals surface area contributed by atoms with E-state index in [0.29, 0.717) is 13.2 Å². The molecule has 0 amide bonds. The Bertz CT molecular complexity index is 343. The zero-order valence-corrected chi connectivity index (χ0v) is 11.2. The lowest BCUT2D eigenvalue weighted by Crippen LogP contribution is -2.11. The number of ether oxygens (including phenoxy) is 1. The van der Waals surface area contributed by atoms with Crippen molar-refractivity contribution in [2.45, 2.75) is 50.9 Å². The molecule has 0 radical (unpaired) electrons. The van der Waals surface area contributed by atoms with Gasteiger partial charge < -0.3 is 10.5 Å². The summed E-state index contributed by atoms with van der Waals surface area (Å²) in [5.74, 6) is 1.70. The van der Waals surface area contributed by atoms with Crippen molar-refractivity contribution in [3.05, 3.63) is 29.8 Å². The van der Waals surface area contributed by atoms with E-state index in [9.17, 15) is 0 Å². The standard InChI is InChI=1S/C16H25NO/c17-11-12-18-16-10-6-9-15(13-16)14-7-4-2-1-3-5-8-14/h6,9-10,13-14H,1-5,7-8,11-12,17H2. The van der Waals surface area contributed by atoms with Crippen molar-refractivity contribution >= 4 is 0 Å². The van der Waals surface area contributed by atoms with Crippen LogP contribution in [-0.4, -0.2) is 13.2 Å². The largest absolute Gasteiger partial charge is 0.492 e. The number of hydrogen-bond acceptors (Lipinski definition) is 2. The molecule has 1 aromatic rings. The van der Waals surface area contributed by atoms with Crippen LogP contribution in [0.4, 0.5) is 0 Å². The molecule has 0 aromatic heterocycles. The Morgan fingerprint density at radius 2 is 1.78 bits per heavy atom. The SMILES string of the molecule is NCCOc1cccc(C2CCCCCCC2)c1. The molecular formula is C16H25NO. The second-order valence-electron chi connectivity index (χ2n) is 5.25. The van der Waals surface area contributed by atoms with Gasteiger partial charge in [-0.2, -0.15) is 0 Å². The highest BCUT2D eigenvalue weighted by atomic mass is 16.5. The van der Waals surface area contributed by atoms with Gasteiger partial charge in [-0.15, -0.1) is 0 Å².